The average molecular weight is 495 g/mol. The zero-order valence-electron chi connectivity index (χ0n) is 17.3. The van der Waals surface area contributed by atoms with Crippen LogP contribution in [0.2, 0.25) is 5.02 Å². The van der Waals surface area contributed by atoms with Gasteiger partial charge >= 0.3 is 5.97 Å². The number of hydrogen-bond acceptors (Lipinski definition) is 7. The first-order valence-corrected chi connectivity index (χ1v) is 11.1. The summed E-state index contributed by atoms with van der Waals surface area (Å²) in [5.41, 5.74) is 0.955. The standard InChI is InChI=1S/C24H15ClN2O6S/c25-18-10-8-16(9-11-18)23(29)33-19-6-3-4-15(12-19)13-21-22(28)26(24(30)34-21)14-17-5-1-2-7-20(17)27(31)32/h1-13H,14H2/b21-13-. The Bertz CT molecular complexity index is 1340. The predicted octanol–water partition coefficient (Wildman–Crippen LogP) is 5.70. The first-order valence-electron chi connectivity index (χ1n) is 9.87. The van der Waals surface area contributed by atoms with E-state index in [0.29, 0.717) is 16.1 Å². The van der Waals surface area contributed by atoms with Gasteiger partial charge in [0.05, 0.1) is 21.9 Å². The lowest BCUT2D eigenvalue weighted by Gasteiger charge is -2.12. The maximum Gasteiger partial charge on any atom is 0.343 e. The highest BCUT2D eigenvalue weighted by atomic mass is 35.5. The Labute approximate surface area is 202 Å². The van der Waals surface area contributed by atoms with Crippen LogP contribution < -0.4 is 4.74 Å². The van der Waals surface area contributed by atoms with Crippen molar-refractivity contribution in [2.24, 2.45) is 0 Å². The van der Waals surface area contributed by atoms with Crippen molar-refractivity contribution in [3.63, 3.8) is 0 Å². The number of carbonyl (C=O) groups is 3. The summed E-state index contributed by atoms with van der Waals surface area (Å²) in [5.74, 6) is -0.872. The van der Waals surface area contributed by atoms with Crippen molar-refractivity contribution in [2.45, 2.75) is 6.54 Å². The van der Waals surface area contributed by atoms with Gasteiger partial charge in [-0.3, -0.25) is 24.6 Å². The van der Waals surface area contributed by atoms with E-state index in [4.69, 9.17) is 16.3 Å². The summed E-state index contributed by atoms with van der Waals surface area (Å²) < 4.78 is 5.38. The number of imide groups is 1. The second-order valence-electron chi connectivity index (χ2n) is 7.12. The molecule has 0 radical (unpaired) electrons. The molecule has 2 amide bonds. The number of nitrogens with zero attached hydrogens (tertiary/aromatic N) is 2. The first-order chi connectivity index (χ1) is 16.3. The third-order valence-corrected chi connectivity index (χ3v) is 6.00. The molecule has 0 aromatic heterocycles. The number of nitro benzene ring substituents is 1. The van der Waals surface area contributed by atoms with Crippen LogP contribution in [-0.4, -0.2) is 26.9 Å². The zero-order chi connectivity index (χ0) is 24.2. The van der Waals surface area contributed by atoms with Gasteiger partial charge in [0.25, 0.3) is 16.8 Å². The van der Waals surface area contributed by atoms with Gasteiger partial charge in [-0.2, -0.15) is 0 Å². The van der Waals surface area contributed by atoms with E-state index < -0.39 is 22.0 Å². The SMILES string of the molecule is O=C(Oc1cccc(/C=C2\SC(=O)N(Cc3ccccc3[N+](=O)[O-])C2=O)c1)c1ccc(Cl)cc1. The molecule has 3 aromatic carbocycles. The summed E-state index contributed by atoms with van der Waals surface area (Å²) in [6, 6.07) is 18.7. The highest BCUT2D eigenvalue weighted by molar-refractivity contribution is 8.18. The first kappa shape index (κ1) is 23.2. The predicted molar refractivity (Wildman–Crippen MR) is 127 cm³/mol. The molecule has 0 aliphatic carbocycles. The zero-order valence-corrected chi connectivity index (χ0v) is 18.9. The molecule has 4 rings (SSSR count). The molecule has 1 heterocycles. The van der Waals surface area contributed by atoms with E-state index in [0.717, 1.165) is 16.7 Å². The summed E-state index contributed by atoms with van der Waals surface area (Å²) in [6.45, 7) is -0.210. The fourth-order valence-corrected chi connectivity index (χ4v) is 4.16. The number of carbonyl (C=O) groups excluding carboxylic acids is 3. The molecule has 0 N–H and O–H groups in total. The summed E-state index contributed by atoms with van der Waals surface area (Å²) in [6.07, 6.45) is 1.50. The normalized spacial score (nSPS) is 14.5. The summed E-state index contributed by atoms with van der Waals surface area (Å²) in [5, 5.41) is 11.2. The maximum absolute atomic E-state index is 12.8. The minimum Gasteiger partial charge on any atom is -0.423 e. The molecule has 170 valence electrons. The number of esters is 1. The van der Waals surface area contributed by atoms with Crippen molar-refractivity contribution in [1.29, 1.82) is 0 Å². The molecular formula is C24H15ClN2O6S. The van der Waals surface area contributed by atoms with E-state index >= 15 is 0 Å². The smallest absolute Gasteiger partial charge is 0.343 e. The molecule has 1 saturated heterocycles. The van der Waals surface area contributed by atoms with Gasteiger partial charge in [0.1, 0.15) is 5.75 Å². The van der Waals surface area contributed by atoms with Crippen molar-refractivity contribution in [1.82, 2.24) is 4.90 Å². The quantitative estimate of drug-likeness (QED) is 0.142. The Hall–Kier alpha value is -3.95. The van der Waals surface area contributed by atoms with E-state index in [-0.39, 0.29) is 28.5 Å². The number of para-hydroxylation sites is 1. The number of ether oxygens (including phenoxy) is 1. The van der Waals surface area contributed by atoms with Crippen LogP contribution in [0.1, 0.15) is 21.5 Å². The highest BCUT2D eigenvalue weighted by Crippen LogP contribution is 2.34. The molecule has 1 aliphatic rings. The number of benzene rings is 3. The van der Waals surface area contributed by atoms with E-state index in [1.54, 1.807) is 54.6 Å². The Morgan fingerprint density at radius 1 is 1.06 bits per heavy atom. The van der Waals surface area contributed by atoms with Crippen LogP contribution in [0.15, 0.2) is 77.7 Å². The topological polar surface area (TPSA) is 107 Å². The molecule has 0 saturated carbocycles. The van der Waals surface area contributed by atoms with Gasteiger partial charge in [-0.15, -0.1) is 0 Å². The fraction of sp³-hybridized carbons (Fsp3) is 0.0417. The van der Waals surface area contributed by atoms with Gasteiger partial charge in [0.2, 0.25) is 0 Å². The molecule has 0 atom stereocenters. The largest absolute Gasteiger partial charge is 0.423 e. The van der Waals surface area contributed by atoms with Crippen LogP contribution in [0.25, 0.3) is 6.08 Å². The number of nitro groups is 1. The van der Waals surface area contributed by atoms with Gasteiger partial charge in [-0.1, -0.05) is 41.9 Å². The third kappa shape index (κ3) is 5.16. The van der Waals surface area contributed by atoms with Crippen molar-refractivity contribution < 1.29 is 24.0 Å². The van der Waals surface area contributed by atoms with Crippen LogP contribution in [0, 0.1) is 10.1 Å². The molecule has 0 unspecified atom stereocenters. The Kier molecular flexibility index (Phi) is 6.76. The van der Waals surface area contributed by atoms with Crippen LogP contribution in [0.4, 0.5) is 10.5 Å². The number of halogens is 1. The molecule has 34 heavy (non-hydrogen) atoms. The second-order valence-corrected chi connectivity index (χ2v) is 8.55. The Morgan fingerprint density at radius 3 is 2.53 bits per heavy atom. The minimum absolute atomic E-state index is 0.157. The number of rotatable bonds is 6. The van der Waals surface area contributed by atoms with Crippen LogP contribution in [0.3, 0.4) is 0 Å². The Morgan fingerprint density at radius 2 is 1.79 bits per heavy atom. The van der Waals surface area contributed by atoms with Crippen molar-refractivity contribution in [3.05, 3.63) is 110 Å². The third-order valence-electron chi connectivity index (χ3n) is 4.84. The van der Waals surface area contributed by atoms with E-state index in [1.165, 1.54) is 24.3 Å². The highest BCUT2D eigenvalue weighted by Gasteiger charge is 2.36. The number of hydrogen-bond donors (Lipinski definition) is 0. The van der Waals surface area contributed by atoms with E-state index in [1.807, 2.05) is 0 Å². The molecule has 0 bridgehead atoms. The second kappa shape index (κ2) is 9.90. The molecule has 10 heteroatoms. The van der Waals surface area contributed by atoms with Gasteiger partial charge in [-0.05, 0) is 59.8 Å². The van der Waals surface area contributed by atoms with Gasteiger partial charge in [0, 0.05) is 16.7 Å². The average Bonchev–Trinajstić information content (AvgIpc) is 3.07. The Balaban J connectivity index is 1.51. The summed E-state index contributed by atoms with van der Waals surface area (Å²) in [7, 11) is 0. The van der Waals surface area contributed by atoms with Gasteiger partial charge in [0.15, 0.2) is 0 Å². The summed E-state index contributed by atoms with van der Waals surface area (Å²) in [4.78, 5) is 49.4. The molecule has 0 spiro atoms. The van der Waals surface area contributed by atoms with Crippen molar-refractivity contribution in [2.75, 3.05) is 0 Å². The maximum atomic E-state index is 12.8. The lowest BCUT2D eigenvalue weighted by Crippen LogP contribution is -2.27. The minimum atomic E-state index is -0.571. The lowest BCUT2D eigenvalue weighted by molar-refractivity contribution is -0.385. The van der Waals surface area contributed by atoms with E-state index in [2.05, 4.69) is 0 Å². The van der Waals surface area contributed by atoms with Gasteiger partial charge in [-0.25, -0.2) is 4.79 Å². The number of thioether (sulfide) groups is 1. The van der Waals surface area contributed by atoms with Crippen LogP contribution >= 0.6 is 23.4 Å². The molecule has 1 aliphatic heterocycles. The molecule has 3 aromatic rings. The molecule has 1 fully saturated rings. The van der Waals surface area contributed by atoms with Crippen molar-refractivity contribution >= 4 is 52.2 Å². The molecule has 8 nitrogen and oxygen atoms in total. The van der Waals surface area contributed by atoms with Crippen LogP contribution in [-0.2, 0) is 11.3 Å². The molecular weight excluding hydrogens is 480 g/mol. The number of amides is 2. The van der Waals surface area contributed by atoms with Crippen molar-refractivity contribution in [3.8, 4) is 5.75 Å². The fourth-order valence-electron chi connectivity index (χ4n) is 3.20. The summed E-state index contributed by atoms with van der Waals surface area (Å²) >= 11 is 6.57. The van der Waals surface area contributed by atoms with Crippen LogP contribution in [0.5, 0.6) is 5.75 Å². The lowest BCUT2D eigenvalue weighted by atomic mass is 10.1. The van der Waals surface area contributed by atoms with Gasteiger partial charge < -0.3 is 4.74 Å². The van der Waals surface area contributed by atoms with E-state index in [9.17, 15) is 24.5 Å². The monoisotopic (exact) mass is 494 g/mol.